The molecule has 2 aliphatic heterocycles. The predicted octanol–water partition coefficient (Wildman–Crippen LogP) is 6.09. The van der Waals surface area contributed by atoms with Gasteiger partial charge in [-0.1, -0.05) is 64.1 Å². The van der Waals surface area contributed by atoms with Gasteiger partial charge in [0.25, 0.3) is 0 Å². The monoisotopic (exact) mass is 763 g/mol. The van der Waals surface area contributed by atoms with Gasteiger partial charge in [0.15, 0.2) is 0 Å². The van der Waals surface area contributed by atoms with Crippen LogP contribution in [0.15, 0.2) is 54.9 Å². The average Bonchev–Trinajstić information content (AvgIpc) is 4.04. The molecule has 4 atom stereocenters. The van der Waals surface area contributed by atoms with Crippen molar-refractivity contribution in [3.63, 3.8) is 0 Å². The number of aromatic nitrogens is 4. The van der Waals surface area contributed by atoms with Crippen LogP contribution in [-0.4, -0.2) is 93.1 Å². The van der Waals surface area contributed by atoms with Crippen molar-refractivity contribution >= 4 is 24.0 Å². The van der Waals surface area contributed by atoms with E-state index in [-0.39, 0.29) is 35.7 Å². The summed E-state index contributed by atoms with van der Waals surface area (Å²) in [7, 11) is 2.55. The zero-order valence-electron chi connectivity index (χ0n) is 32.6. The summed E-state index contributed by atoms with van der Waals surface area (Å²) in [6.45, 7) is 8.64. The van der Waals surface area contributed by atoms with Gasteiger partial charge in [0, 0.05) is 18.7 Å². The van der Waals surface area contributed by atoms with E-state index in [1.54, 1.807) is 22.2 Å². The number of carbonyl (C=O) groups excluding carboxylic acids is 4. The SMILES string of the molecule is COC(=O)N[C@H](C(=O)N1CCC[C@H]1c1ncc(-c2ccc(-c3ccc(-c4cnc([C@@H]5CCCN5C(=O)[C@@H](NC(=O)OC)C(C)C)[nH]4)c(C#N)c3)cc2)[nH]1)C(C)C. The third-order valence-electron chi connectivity index (χ3n) is 10.6. The van der Waals surface area contributed by atoms with E-state index in [1.165, 1.54) is 14.2 Å². The number of amides is 4. The molecule has 2 aromatic carbocycles. The molecule has 56 heavy (non-hydrogen) atoms. The highest BCUT2D eigenvalue weighted by molar-refractivity contribution is 5.87. The lowest BCUT2D eigenvalue weighted by atomic mass is 9.97. The summed E-state index contributed by atoms with van der Waals surface area (Å²) in [4.78, 5) is 70.6. The van der Waals surface area contributed by atoms with Crippen molar-refractivity contribution in [2.75, 3.05) is 27.3 Å². The quantitative estimate of drug-likeness (QED) is 0.140. The number of methoxy groups -OCH3 is 2. The first kappa shape index (κ1) is 39.5. The van der Waals surface area contributed by atoms with Crippen LogP contribution in [0.25, 0.3) is 33.6 Å². The lowest BCUT2D eigenvalue weighted by Crippen LogP contribution is -2.51. The summed E-state index contributed by atoms with van der Waals surface area (Å²) in [5.41, 5.74) is 5.35. The van der Waals surface area contributed by atoms with Crippen LogP contribution in [0.1, 0.15) is 82.7 Å². The number of ether oxygens (including phenoxy) is 2. The Hall–Kier alpha value is -6.17. The summed E-state index contributed by atoms with van der Waals surface area (Å²) >= 11 is 0. The second kappa shape index (κ2) is 17.1. The van der Waals surface area contributed by atoms with Crippen molar-refractivity contribution in [2.45, 2.75) is 77.5 Å². The van der Waals surface area contributed by atoms with Crippen molar-refractivity contribution in [3.8, 4) is 39.7 Å². The van der Waals surface area contributed by atoms with Gasteiger partial charge in [-0.2, -0.15) is 5.26 Å². The van der Waals surface area contributed by atoms with Crippen molar-refractivity contribution in [1.29, 1.82) is 5.26 Å². The molecule has 2 fully saturated rings. The fourth-order valence-electron chi connectivity index (χ4n) is 7.57. The number of aromatic amines is 2. The molecular weight excluding hydrogens is 715 g/mol. The Morgan fingerprint density at radius 2 is 1.20 bits per heavy atom. The molecule has 15 heteroatoms. The minimum atomic E-state index is -0.733. The molecule has 15 nitrogen and oxygen atoms in total. The molecule has 2 saturated heterocycles. The largest absolute Gasteiger partial charge is 0.453 e. The topological polar surface area (TPSA) is 198 Å². The summed E-state index contributed by atoms with van der Waals surface area (Å²) < 4.78 is 9.49. The van der Waals surface area contributed by atoms with E-state index < -0.39 is 24.3 Å². The highest BCUT2D eigenvalue weighted by Gasteiger charge is 2.39. The van der Waals surface area contributed by atoms with Crippen LogP contribution < -0.4 is 10.6 Å². The molecule has 294 valence electrons. The van der Waals surface area contributed by atoms with Crippen LogP contribution in [0.3, 0.4) is 0 Å². The standard InChI is InChI=1S/C41H49N9O6/c1-23(2)34(47-40(53)55-5)38(51)49-17-7-9-32(49)36-43-21-30(45-36)26-13-11-25(12-14-26)27-15-16-29(28(19-27)20-42)31-22-44-37(46-31)33-10-8-18-50(33)39(52)35(24(3)4)48-41(54)56-6/h11-16,19,21-24,32-35H,7-10,17-18H2,1-6H3,(H,43,45)(H,44,46)(H,47,53)(H,48,54)/t32-,33-,34-,35-/m0/s1. The van der Waals surface area contributed by atoms with Gasteiger partial charge < -0.3 is 39.9 Å². The van der Waals surface area contributed by atoms with Crippen LogP contribution >= 0.6 is 0 Å². The Morgan fingerprint density at radius 1 is 0.732 bits per heavy atom. The number of H-pyrrole nitrogens is 2. The summed E-state index contributed by atoms with van der Waals surface area (Å²) in [6, 6.07) is 14.0. The fraction of sp³-hybridized carbons (Fsp3) is 0.439. The molecule has 0 unspecified atom stereocenters. The third-order valence-corrected chi connectivity index (χ3v) is 10.6. The smallest absolute Gasteiger partial charge is 0.407 e. The molecular formula is C41H49N9O6. The minimum Gasteiger partial charge on any atom is -0.453 e. The fourth-order valence-corrected chi connectivity index (χ4v) is 7.57. The van der Waals surface area contributed by atoms with E-state index in [4.69, 9.17) is 9.47 Å². The predicted molar refractivity (Wildman–Crippen MR) is 207 cm³/mol. The highest BCUT2D eigenvalue weighted by Crippen LogP contribution is 2.36. The molecule has 0 radical (unpaired) electrons. The molecule has 0 bridgehead atoms. The number of rotatable bonds is 11. The van der Waals surface area contributed by atoms with Crippen LogP contribution in [0.4, 0.5) is 9.59 Å². The summed E-state index contributed by atoms with van der Waals surface area (Å²) in [5.74, 6) is 0.696. The highest BCUT2D eigenvalue weighted by atomic mass is 16.5. The maximum absolute atomic E-state index is 13.6. The number of hydrogen-bond acceptors (Lipinski definition) is 9. The Balaban J connectivity index is 1.15. The van der Waals surface area contributed by atoms with Gasteiger partial charge in [0.1, 0.15) is 23.7 Å². The zero-order chi connectivity index (χ0) is 40.1. The molecule has 6 rings (SSSR count). The van der Waals surface area contributed by atoms with Gasteiger partial charge >= 0.3 is 12.2 Å². The van der Waals surface area contributed by atoms with E-state index in [0.29, 0.717) is 41.6 Å². The molecule has 2 aliphatic rings. The van der Waals surface area contributed by atoms with E-state index in [1.807, 2.05) is 70.2 Å². The lowest BCUT2D eigenvalue weighted by Gasteiger charge is -2.30. The number of nitrogens with one attached hydrogen (secondary N) is 4. The van der Waals surface area contributed by atoms with Crippen molar-refractivity contribution in [3.05, 3.63) is 72.1 Å². The van der Waals surface area contributed by atoms with Gasteiger partial charge in [-0.05, 0) is 60.3 Å². The second-order valence-electron chi connectivity index (χ2n) is 14.9. The number of likely N-dealkylation sites (tertiary alicyclic amines) is 2. The van der Waals surface area contributed by atoms with Crippen molar-refractivity contribution in [1.82, 2.24) is 40.4 Å². The minimum absolute atomic E-state index is 0.123. The van der Waals surface area contributed by atoms with Gasteiger partial charge in [0.05, 0.1) is 61.7 Å². The zero-order valence-corrected chi connectivity index (χ0v) is 32.6. The number of imidazole rings is 2. The van der Waals surface area contributed by atoms with E-state index in [2.05, 4.69) is 36.6 Å². The third kappa shape index (κ3) is 8.24. The first-order valence-corrected chi connectivity index (χ1v) is 19.0. The van der Waals surface area contributed by atoms with Gasteiger partial charge in [-0.15, -0.1) is 0 Å². The van der Waals surface area contributed by atoms with Crippen molar-refractivity contribution in [2.24, 2.45) is 11.8 Å². The van der Waals surface area contributed by atoms with E-state index in [9.17, 15) is 24.4 Å². The van der Waals surface area contributed by atoms with Crippen LogP contribution in [0, 0.1) is 23.2 Å². The number of nitrogens with zero attached hydrogens (tertiary/aromatic N) is 5. The number of benzene rings is 2. The summed E-state index contributed by atoms with van der Waals surface area (Å²) in [6.07, 6.45) is 5.26. The van der Waals surface area contributed by atoms with Crippen LogP contribution in [0.5, 0.6) is 0 Å². The average molecular weight is 764 g/mol. The van der Waals surface area contributed by atoms with Gasteiger partial charge in [-0.3, -0.25) is 9.59 Å². The molecule has 2 aromatic heterocycles. The molecule has 4 N–H and O–H groups in total. The Labute approximate surface area is 326 Å². The number of carbonyl (C=O) groups is 4. The Morgan fingerprint density at radius 3 is 1.68 bits per heavy atom. The van der Waals surface area contributed by atoms with Crippen LogP contribution in [0.2, 0.25) is 0 Å². The summed E-state index contributed by atoms with van der Waals surface area (Å²) in [5, 5.41) is 15.5. The number of nitriles is 1. The first-order valence-electron chi connectivity index (χ1n) is 19.0. The van der Waals surface area contributed by atoms with Gasteiger partial charge in [0.2, 0.25) is 11.8 Å². The normalized spacial score (nSPS) is 17.8. The molecule has 4 aromatic rings. The molecule has 4 heterocycles. The van der Waals surface area contributed by atoms with Crippen LogP contribution in [-0.2, 0) is 19.1 Å². The first-order chi connectivity index (χ1) is 26.9. The van der Waals surface area contributed by atoms with E-state index in [0.717, 1.165) is 48.1 Å². The lowest BCUT2D eigenvalue weighted by molar-refractivity contribution is -0.136. The van der Waals surface area contributed by atoms with Crippen molar-refractivity contribution < 1.29 is 28.7 Å². The second-order valence-corrected chi connectivity index (χ2v) is 14.9. The number of alkyl carbamates (subject to hydrolysis) is 2. The molecule has 0 aliphatic carbocycles. The van der Waals surface area contributed by atoms with E-state index >= 15 is 0 Å². The Kier molecular flexibility index (Phi) is 12.1. The maximum Gasteiger partial charge on any atom is 0.407 e. The molecule has 0 saturated carbocycles. The molecule has 4 amide bonds. The molecule has 0 spiro atoms. The maximum atomic E-state index is 13.6. The Bertz CT molecular complexity index is 2100. The number of hydrogen-bond donors (Lipinski definition) is 4. The van der Waals surface area contributed by atoms with Gasteiger partial charge in [-0.25, -0.2) is 19.6 Å².